The van der Waals surface area contributed by atoms with Crippen LogP contribution in [0.15, 0.2) is 0 Å². The maximum absolute atomic E-state index is 11.7. The van der Waals surface area contributed by atoms with E-state index < -0.39 is 0 Å². The molecule has 1 saturated heterocycles. The lowest BCUT2D eigenvalue weighted by atomic mass is 9.98. The molecule has 1 aliphatic heterocycles. The van der Waals surface area contributed by atoms with Crippen molar-refractivity contribution in [3.8, 4) is 0 Å². The van der Waals surface area contributed by atoms with Crippen molar-refractivity contribution < 1.29 is 4.79 Å². The summed E-state index contributed by atoms with van der Waals surface area (Å²) in [5, 5.41) is 2.80. The Balaban J connectivity index is 2.24. The molecule has 0 spiro atoms. The molecular formula is C10H16N2OS. The third kappa shape index (κ3) is 1.41. The quantitative estimate of drug-likeness (QED) is 0.673. The monoisotopic (exact) mass is 212 g/mol. The van der Waals surface area contributed by atoms with Gasteiger partial charge in [0, 0.05) is 18.0 Å². The summed E-state index contributed by atoms with van der Waals surface area (Å²) in [6.07, 6.45) is 3.43. The maximum Gasteiger partial charge on any atom is 0.322 e. The Morgan fingerprint density at radius 2 is 2.21 bits per heavy atom. The summed E-state index contributed by atoms with van der Waals surface area (Å²) < 4.78 is 0. The molecule has 0 bridgehead atoms. The molecule has 2 amide bonds. The van der Waals surface area contributed by atoms with E-state index in [-0.39, 0.29) is 12.1 Å². The van der Waals surface area contributed by atoms with Crippen LogP contribution in [-0.4, -0.2) is 28.0 Å². The minimum Gasteiger partial charge on any atom is -0.318 e. The van der Waals surface area contributed by atoms with Gasteiger partial charge in [-0.1, -0.05) is 18.6 Å². The van der Waals surface area contributed by atoms with Crippen molar-refractivity contribution in [2.75, 3.05) is 0 Å². The van der Waals surface area contributed by atoms with Crippen LogP contribution in [0.1, 0.15) is 33.1 Å². The molecule has 3 nitrogen and oxygen atoms in total. The molecular weight excluding hydrogens is 196 g/mol. The molecule has 2 unspecified atom stereocenters. The largest absolute Gasteiger partial charge is 0.322 e. The average molecular weight is 212 g/mol. The van der Waals surface area contributed by atoms with Gasteiger partial charge < -0.3 is 10.2 Å². The molecule has 1 N–H and O–H groups in total. The smallest absolute Gasteiger partial charge is 0.318 e. The Kier molecular flexibility index (Phi) is 2.47. The van der Waals surface area contributed by atoms with Crippen molar-refractivity contribution in [1.29, 1.82) is 0 Å². The van der Waals surface area contributed by atoms with E-state index in [1.54, 1.807) is 0 Å². The third-order valence-electron chi connectivity index (χ3n) is 3.19. The molecule has 4 heteroatoms. The number of thiocarbonyl (C=S) groups is 1. The lowest BCUT2D eigenvalue weighted by Gasteiger charge is -2.40. The molecule has 0 aromatic rings. The minimum absolute atomic E-state index is 0.00634. The van der Waals surface area contributed by atoms with Crippen LogP contribution in [0, 0.1) is 5.92 Å². The van der Waals surface area contributed by atoms with E-state index in [1.807, 2.05) is 4.90 Å². The Bertz CT molecular complexity index is 277. The van der Waals surface area contributed by atoms with E-state index in [1.165, 1.54) is 6.42 Å². The summed E-state index contributed by atoms with van der Waals surface area (Å²) in [4.78, 5) is 14.4. The molecule has 1 heterocycles. The van der Waals surface area contributed by atoms with Gasteiger partial charge in [0.1, 0.15) is 0 Å². The van der Waals surface area contributed by atoms with E-state index in [0.29, 0.717) is 12.0 Å². The number of urea groups is 1. The lowest BCUT2D eigenvalue weighted by Crippen LogP contribution is -2.59. The van der Waals surface area contributed by atoms with Gasteiger partial charge in [-0.25, -0.2) is 4.79 Å². The van der Waals surface area contributed by atoms with Crippen LogP contribution in [0.25, 0.3) is 0 Å². The number of rotatable bonds is 1. The molecule has 2 rings (SSSR count). The molecule has 2 aliphatic rings. The fourth-order valence-electron chi connectivity index (χ4n) is 2.61. The van der Waals surface area contributed by atoms with Crippen molar-refractivity contribution in [2.45, 2.75) is 45.2 Å². The highest BCUT2D eigenvalue weighted by Gasteiger charge is 2.42. The second-order valence-electron chi connectivity index (χ2n) is 4.40. The number of hydrogen-bond donors (Lipinski definition) is 1. The molecule has 78 valence electrons. The van der Waals surface area contributed by atoms with E-state index in [0.717, 1.165) is 17.8 Å². The zero-order valence-electron chi connectivity index (χ0n) is 8.62. The van der Waals surface area contributed by atoms with Gasteiger partial charge in [-0.05, 0) is 26.7 Å². The first-order valence-corrected chi connectivity index (χ1v) is 5.65. The SMILES string of the molecule is CC(C)N1C(=O)NC(=S)C2CCCC21. The van der Waals surface area contributed by atoms with Gasteiger partial charge >= 0.3 is 6.03 Å². The highest BCUT2D eigenvalue weighted by molar-refractivity contribution is 7.80. The van der Waals surface area contributed by atoms with Crippen LogP contribution in [0.2, 0.25) is 0 Å². The minimum atomic E-state index is -0.00634. The summed E-state index contributed by atoms with van der Waals surface area (Å²) in [6.45, 7) is 4.12. The predicted octanol–water partition coefficient (Wildman–Crippen LogP) is 1.92. The fourth-order valence-corrected chi connectivity index (χ4v) is 2.97. The van der Waals surface area contributed by atoms with Crippen LogP contribution >= 0.6 is 12.2 Å². The van der Waals surface area contributed by atoms with E-state index in [4.69, 9.17) is 12.2 Å². The summed E-state index contributed by atoms with van der Waals surface area (Å²) in [5.41, 5.74) is 0. The summed E-state index contributed by atoms with van der Waals surface area (Å²) in [6, 6.07) is 0.619. The zero-order chi connectivity index (χ0) is 10.3. The van der Waals surface area contributed by atoms with Gasteiger partial charge in [-0.2, -0.15) is 0 Å². The van der Waals surface area contributed by atoms with E-state index in [9.17, 15) is 4.79 Å². The van der Waals surface area contributed by atoms with Gasteiger partial charge in [0.25, 0.3) is 0 Å². The number of nitrogens with zero attached hydrogens (tertiary/aromatic N) is 1. The highest BCUT2D eigenvalue weighted by Crippen LogP contribution is 2.34. The van der Waals surface area contributed by atoms with Crippen molar-refractivity contribution in [1.82, 2.24) is 10.2 Å². The van der Waals surface area contributed by atoms with Gasteiger partial charge in [0.15, 0.2) is 0 Å². The molecule has 0 aromatic carbocycles. The summed E-state index contributed by atoms with van der Waals surface area (Å²) in [5.74, 6) is 0.407. The first-order valence-electron chi connectivity index (χ1n) is 5.24. The summed E-state index contributed by atoms with van der Waals surface area (Å²) in [7, 11) is 0. The van der Waals surface area contributed by atoms with E-state index >= 15 is 0 Å². The molecule has 0 aromatic heterocycles. The topological polar surface area (TPSA) is 32.3 Å². The number of hydrogen-bond acceptors (Lipinski definition) is 2. The van der Waals surface area contributed by atoms with Crippen molar-refractivity contribution in [3.05, 3.63) is 0 Å². The van der Waals surface area contributed by atoms with Crippen molar-refractivity contribution in [2.24, 2.45) is 5.92 Å². The number of fused-ring (bicyclic) bond motifs is 1. The van der Waals surface area contributed by atoms with Crippen molar-refractivity contribution >= 4 is 23.2 Å². The number of carbonyl (C=O) groups excluding carboxylic acids is 1. The van der Waals surface area contributed by atoms with Crippen LogP contribution in [0.5, 0.6) is 0 Å². The Hall–Kier alpha value is -0.640. The van der Waals surface area contributed by atoms with Gasteiger partial charge in [0.05, 0.1) is 4.99 Å². The zero-order valence-corrected chi connectivity index (χ0v) is 9.43. The first kappa shape index (κ1) is 9.90. The van der Waals surface area contributed by atoms with Crippen LogP contribution in [0.4, 0.5) is 4.79 Å². The van der Waals surface area contributed by atoms with Crippen molar-refractivity contribution in [3.63, 3.8) is 0 Å². The van der Waals surface area contributed by atoms with E-state index in [2.05, 4.69) is 19.2 Å². The second-order valence-corrected chi connectivity index (χ2v) is 4.84. The van der Waals surface area contributed by atoms with Gasteiger partial charge in [-0.3, -0.25) is 0 Å². The molecule has 14 heavy (non-hydrogen) atoms. The Labute approximate surface area is 89.8 Å². The Morgan fingerprint density at radius 1 is 1.50 bits per heavy atom. The van der Waals surface area contributed by atoms with Gasteiger partial charge in [0.2, 0.25) is 0 Å². The third-order valence-corrected chi connectivity index (χ3v) is 3.60. The molecule has 2 atom stereocenters. The first-order chi connectivity index (χ1) is 6.61. The van der Waals surface area contributed by atoms with Crippen LogP contribution in [0.3, 0.4) is 0 Å². The molecule has 0 radical (unpaired) electrons. The standard InChI is InChI=1S/C10H16N2OS/c1-6(2)12-8-5-3-4-7(8)9(14)11-10(12)13/h6-8H,3-5H2,1-2H3,(H,11,13,14). The lowest BCUT2D eigenvalue weighted by molar-refractivity contribution is 0.142. The molecule has 2 fully saturated rings. The normalized spacial score (nSPS) is 32.1. The summed E-state index contributed by atoms with van der Waals surface area (Å²) >= 11 is 5.20. The number of nitrogens with one attached hydrogen (secondary N) is 1. The van der Waals surface area contributed by atoms with Gasteiger partial charge in [-0.15, -0.1) is 0 Å². The van der Waals surface area contributed by atoms with Crippen LogP contribution in [-0.2, 0) is 0 Å². The fraction of sp³-hybridized carbons (Fsp3) is 0.800. The predicted molar refractivity (Wildman–Crippen MR) is 59.2 cm³/mol. The average Bonchev–Trinajstić information content (AvgIpc) is 2.51. The Morgan fingerprint density at radius 3 is 2.86 bits per heavy atom. The molecule has 1 saturated carbocycles. The maximum atomic E-state index is 11.7. The molecule has 1 aliphatic carbocycles. The highest BCUT2D eigenvalue weighted by atomic mass is 32.1. The van der Waals surface area contributed by atoms with Crippen LogP contribution < -0.4 is 5.32 Å². The number of carbonyl (C=O) groups is 1. The number of amides is 2. The second kappa shape index (κ2) is 3.50.